The first kappa shape index (κ1) is 15.9. The van der Waals surface area contributed by atoms with Crippen LogP contribution in [0, 0.1) is 0 Å². The van der Waals surface area contributed by atoms with Crippen LogP contribution in [0.25, 0.3) is 0 Å². The summed E-state index contributed by atoms with van der Waals surface area (Å²) in [5, 5.41) is 3.09. The second-order valence-corrected chi connectivity index (χ2v) is 5.14. The Hall–Kier alpha value is -1.50. The molecule has 0 aromatic carbocycles. The van der Waals surface area contributed by atoms with Gasteiger partial charge in [-0.3, -0.25) is 4.79 Å². The Labute approximate surface area is 121 Å². The zero-order chi connectivity index (χ0) is 15.5. The third-order valence-electron chi connectivity index (χ3n) is 3.66. The molecule has 1 saturated heterocycles. The lowest BCUT2D eigenvalue weighted by molar-refractivity contribution is -0.145. The van der Waals surface area contributed by atoms with Crippen LogP contribution < -0.4 is 5.32 Å². The summed E-state index contributed by atoms with van der Waals surface area (Å²) >= 11 is 0. The largest absolute Gasteiger partial charge is 0.469 e. The van der Waals surface area contributed by atoms with Gasteiger partial charge in [0.1, 0.15) is 12.3 Å². The SMILES string of the molecule is CCc1occc1C(=O)N(CC(F)(F)F)C1CCNCC1. The van der Waals surface area contributed by atoms with Crippen molar-refractivity contribution in [2.75, 3.05) is 19.6 Å². The number of piperidine rings is 1. The summed E-state index contributed by atoms with van der Waals surface area (Å²) in [7, 11) is 0. The number of hydrogen-bond acceptors (Lipinski definition) is 3. The van der Waals surface area contributed by atoms with E-state index in [2.05, 4.69) is 5.32 Å². The van der Waals surface area contributed by atoms with Gasteiger partial charge in [-0.1, -0.05) is 6.92 Å². The molecule has 1 aliphatic heterocycles. The average Bonchev–Trinajstić information content (AvgIpc) is 2.92. The maximum Gasteiger partial charge on any atom is 0.406 e. The van der Waals surface area contributed by atoms with Gasteiger partial charge in [0.05, 0.1) is 11.8 Å². The van der Waals surface area contributed by atoms with E-state index < -0.39 is 18.6 Å². The number of carbonyl (C=O) groups excluding carboxylic acids is 1. The third-order valence-corrected chi connectivity index (χ3v) is 3.66. The molecule has 0 bridgehead atoms. The van der Waals surface area contributed by atoms with E-state index in [0.717, 1.165) is 4.90 Å². The predicted octanol–water partition coefficient (Wildman–Crippen LogP) is 2.60. The van der Waals surface area contributed by atoms with Gasteiger partial charge in [0.15, 0.2) is 0 Å². The molecule has 1 fully saturated rings. The van der Waals surface area contributed by atoms with Crippen LogP contribution in [-0.2, 0) is 6.42 Å². The monoisotopic (exact) mass is 304 g/mol. The molecule has 1 N–H and O–H groups in total. The van der Waals surface area contributed by atoms with Gasteiger partial charge in [0.2, 0.25) is 0 Å². The molecule has 2 heterocycles. The van der Waals surface area contributed by atoms with Crippen LogP contribution in [0.15, 0.2) is 16.7 Å². The maximum atomic E-state index is 12.8. The average molecular weight is 304 g/mol. The van der Waals surface area contributed by atoms with Crippen molar-refractivity contribution in [1.29, 1.82) is 0 Å². The van der Waals surface area contributed by atoms with Crippen molar-refractivity contribution in [1.82, 2.24) is 10.2 Å². The van der Waals surface area contributed by atoms with E-state index in [1.54, 1.807) is 6.92 Å². The summed E-state index contributed by atoms with van der Waals surface area (Å²) in [5.74, 6) is -0.161. The van der Waals surface area contributed by atoms with Crippen molar-refractivity contribution in [3.05, 3.63) is 23.7 Å². The van der Waals surface area contributed by atoms with E-state index in [9.17, 15) is 18.0 Å². The summed E-state index contributed by atoms with van der Waals surface area (Å²) in [4.78, 5) is 13.5. The number of rotatable bonds is 4. The number of alkyl halides is 3. The molecule has 1 amide bonds. The van der Waals surface area contributed by atoms with E-state index >= 15 is 0 Å². The number of nitrogens with zero attached hydrogens (tertiary/aromatic N) is 1. The zero-order valence-corrected chi connectivity index (χ0v) is 11.9. The van der Waals surface area contributed by atoms with Gasteiger partial charge in [-0.05, 0) is 32.0 Å². The van der Waals surface area contributed by atoms with Crippen LogP contribution in [0.3, 0.4) is 0 Å². The molecule has 0 radical (unpaired) electrons. The van der Waals surface area contributed by atoms with Gasteiger partial charge in [-0.2, -0.15) is 13.2 Å². The van der Waals surface area contributed by atoms with Gasteiger partial charge >= 0.3 is 6.18 Å². The Balaban J connectivity index is 2.23. The second kappa shape index (κ2) is 6.51. The van der Waals surface area contributed by atoms with E-state index in [1.807, 2.05) is 0 Å². The zero-order valence-electron chi connectivity index (χ0n) is 11.9. The lowest BCUT2D eigenvalue weighted by Gasteiger charge is -2.35. The number of furan rings is 1. The van der Waals surface area contributed by atoms with Crippen LogP contribution >= 0.6 is 0 Å². The molecule has 4 nitrogen and oxygen atoms in total. The molecular formula is C14H19F3N2O2. The van der Waals surface area contributed by atoms with Gasteiger partial charge in [-0.25, -0.2) is 0 Å². The van der Waals surface area contributed by atoms with E-state index in [0.29, 0.717) is 38.1 Å². The molecule has 21 heavy (non-hydrogen) atoms. The Bertz CT molecular complexity index is 479. The minimum absolute atomic E-state index is 0.236. The molecule has 0 unspecified atom stereocenters. The van der Waals surface area contributed by atoms with Crippen LogP contribution in [0.2, 0.25) is 0 Å². The van der Waals surface area contributed by atoms with Gasteiger partial charge in [0.25, 0.3) is 5.91 Å². The van der Waals surface area contributed by atoms with E-state index in [1.165, 1.54) is 12.3 Å². The fourth-order valence-corrected chi connectivity index (χ4v) is 2.64. The van der Waals surface area contributed by atoms with Gasteiger partial charge < -0.3 is 14.6 Å². The predicted molar refractivity (Wildman–Crippen MR) is 71.1 cm³/mol. The highest BCUT2D eigenvalue weighted by molar-refractivity contribution is 5.95. The molecule has 0 saturated carbocycles. The van der Waals surface area contributed by atoms with Crippen molar-refractivity contribution in [3.8, 4) is 0 Å². The number of amides is 1. The fourth-order valence-electron chi connectivity index (χ4n) is 2.64. The molecule has 0 aliphatic carbocycles. The number of carbonyl (C=O) groups is 1. The number of halogens is 3. The highest BCUT2D eigenvalue weighted by atomic mass is 19.4. The van der Waals surface area contributed by atoms with Crippen molar-refractivity contribution in [2.45, 2.75) is 38.4 Å². The molecule has 1 aliphatic rings. The first-order chi connectivity index (χ1) is 9.92. The summed E-state index contributed by atoms with van der Waals surface area (Å²) < 4.78 is 43.6. The minimum Gasteiger partial charge on any atom is -0.469 e. The Morgan fingerprint density at radius 2 is 2.10 bits per heavy atom. The molecule has 0 spiro atoms. The summed E-state index contributed by atoms with van der Waals surface area (Å²) in [5.41, 5.74) is 0.236. The number of hydrogen-bond donors (Lipinski definition) is 1. The fraction of sp³-hybridized carbons (Fsp3) is 0.643. The summed E-state index contributed by atoms with van der Waals surface area (Å²) in [6.07, 6.45) is -1.53. The van der Waals surface area contributed by atoms with Gasteiger partial charge in [-0.15, -0.1) is 0 Å². The van der Waals surface area contributed by atoms with Crippen molar-refractivity contribution < 1.29 is 22.4 Å². The van der Waals surface area contributed by atoms with Crippen molar-refractivity contribution >= 4 is 5.91 Å². The highest BCUT2D eigenvalue weighted by Crippen LogP contribution is 2.24. The third kappa shape index (κ3) is 4.00. The maximum absolute atomic E-state index is 12.8. The molecule has 118 valence electrons. The Morgan fingerprint density at radius 1 is 1.43 bits per heavy atom. The van der Waals surface area contributed by atoms with Crippen LogP contribution in [0.1, 0.15) is 35.9 Å². The first-order valence-corrected chi connectivity index (χ1v) is 7.07. The Morgan fingerprint density at radius 3 is 2.67 bits per heavy atom. The minimum atomic E-state index is -4.41. The normalized spacial score (nSPS) is 17.0. The molecule has 1 aromatic rings. The lowest BCUT2D eigenvalue weighted by Crippen LogP contribution is -2.49. The Kier molecular flexibility index (Phi) is 4.92. The lowest BCUT2D eigenvalue weighted by atomic mass is 10.0. The number of aryl methyl sites for hydroxylation is 1. The standard InChI is InChI=1S/C14H19F3N2O2/c1-2-12-11(5-8-21-12)13(20)19(9-14(15,16)17)10-3-6-18-7-4-10/h5,8,10,18H,2-4,6-7,9H2,1H3. The quantitative estimate of drug-likeness (QED) is 0.930. The highest BCUT2D eigenvalue weighted by Gasteiger charge is 2.38. The molecular weight excluding hydrogens is 285 g/mol. The van der Waals surface area contributed by atoms with E-state index in [4.69, 9.17) is 4.42 Å². The second-order valence-electron chi connectivity index (χ2n) is 5.14. The van der Waals surface area contributed by atoms with Gasteiger partial charge in [0, 0.05) is 12.5 Å². The van der Waals surface area contributed by atoms with E-state index in [-0.39, 0.29) is 11.6 Å². The van der Waals surface area contributed by atoms with Crippen molar-refractivity contribution in [3.63, 3.8) is 0 Å². The molecule has 0 atom stereocenters. The summed E-state index contributed by atoms with van der Waals surface area (Å²) in [6, 6.07) is 1.06. The smallest absolute Gasteiger partial charge is 0.406 e. The summed E-state index contributed by atoms with van der Waals surface area (Å²) in [6.45, 7) is 1.83. The first-order valence-electron chi connectivity index (χ1n) is 7.07. The van der Waals surface area contributed by atoms with Crippen LogP contribution in [-0.4, -0.2) is 42.7 Å². The number of nitrogens with one attached hydrogen (secondary N) is 1. The topological polar surface area (TPSA) is 45.5 Å². The molecule has 2 rings (SSSR count). The van der Waals surface area contributed by atoms with Crippen LogP contribution in [0.5, 0.6) is 0 Å². The molecule has 7 heteroatoms. The van der Waals surface area contributed by atoms with Crippen molar-refractivity contribution in [2.24, 2.45) is 0 Å². The molecule has 1 aromatic heterocycles. The van der Waals surface area contributed by atoms with Crippen LogP contribution in [0.4, 0.5) is 13.2 Å².